The van der Waals surface area contributed by atoms with Crippen LogP contribution >= 0.6 is 11.3 Å². The summed E-state index contributed by atoms with van der Waals surface area (Å²) in [4.78, 5) is 0.763. The molecule has 2 atom stereocenters. The van der Waals surface area contributed by atoms with E-state index < -0.39 is 29.5 Å². The molecule has 0 aliphatic heterocycles. The maximum Gasteiger partial charge on any atom is 0.194 e. The molecule has 0 radical (unpaired) electrons. The second-order valence-corrected chi connectivity index (χ2v) is 5.05. The lowest BCUT2D eigenvalue weighted by Crippen LogP contribution is -2.20. The number of aliphatic hydroxyl groups is 1. The Morgan fingerprint density at radius 3 is 2.47 bits per heavy atom. The maximum absolute atomic E-state index is 13.6. The Hall–Kier alpha value is -1.37. The molecule has 3 N–H and O–H groups in total. The molecule has 2 nitrogen and oxygen atoms in total. The van der Waals surface area contributed by atoms with Crippen LogP contribution in [0.15, 0.2) is 29.6 Å². The fourth-order valence-corrected chi connectivity index (χ4v) is 2.76. The highest BCUT2D eigenvalue weighted by molar-refractivity contribution is 7.10. The predicted molar refractivity (Wildman–Crippen MR) is 67.4 cm³/mol. The highest BCUT2D eigenvalue weighted by atomic mass is 32.1. The fourth-order valence-electron chi connectivity index (χ4n) is 1.89. The summed E-state index contributed by atoms with van der Waals surface area (Å²) >= 11 is 1.36. The van der Waals surface area contributed by atoms with Gasteiger partial charge in [0.05, 0.1) is 6.10 Å². The molecule has 102 valence electrons. The van der Waals surface area contributed by atoms with Crippen LogP contribution in [0.1, 0.15) is 22.5 Å². The Morgan fingerprint density at radius 2 is 1.89 bits per heavy atom. The number of benzene rings is 1. The summed E-state index contributed by atoms with van der Waals surface area (Å²) in [5, 5.41) is 11.9. The Kier molecular flexibility index (Phi) is 4.24. The van der Waals surface area contributed by atoms with Gasteiger partial charge < -0.3 is 10.8 Å². The largest absolute Gasteiger partial charge is 0.388 e. The van der Waals surface area contributed by atoms with E-state index in [9.17, 15) is 18.3 Å². The van der Waals surface area contributed by atoms with Crippen LogP contribution in [0.5, 0.6) is 0 Å². The molecule has 0 saturated heterocycles. The van der Waals surface area contributed by atoms with Gasteiger partial charge in [-0.3, -0.25) is 0 Å². The van der Waals surface area contributed by atoms with Gasteiger partial charge in [0.25, 0.3) is 0 Å². The van der Waals surface area contributed by atoms with E-state index in [1.54, 1.807) is 17.5 Å². The highest BCUT2D eigenvalue weighted by Crippen LogP contribution is 2.34. The van der Waals surface area contributed by atoms with E-state index >= 15 is 0 Å². The van der Waals surface area contributed by atoms with Gasteiger partial charge in [0.2, 0.25) is 0 Å². The summed E-state index contributed by atoms with van der Waals surface area (Å²) in [6.07, 6.45) is -1.32. The van der Waals surface area contributed by atoms with Crippen LogP contribution in [0.25, 0.3) is 0 Å². The van der Waals surface area contributed by atoms with Gasteiger partial charge in [-0.15, -0.1) is 11.3 Å². The van der Waals surface area contributed by atoms with E-state index in [4.69, 9.17) is 5.73 Å². The van der Waals surface area contributed by atoms with E-state index in [2.05, 4.69) is 0 Å². The van der Waals surface area contributed by atoms with Crippen LogP contribution < -0.4 is 5.73 Å². The zero-order chi connectivity index (χ0) is 14.0. The SMILES string of the molecule is NCC(c1cccs1)C(O)c1ccc(F)c(F)c1F. The Labute approximate surface area is 112 Å². The molecule has 0 aliphatic carbocycles. The van der Waals surface area contributed by atoms with Crippen molar-refractivity contribution >= 4 is 11.3 Å². The average molecular weight is 287 g/mol. The van der Waals surface area contributed by atoms with Crippen LogP contribution in [0.4, 0.5) is 13.2 Å². The molecular formula is C13H12F3NOS. The molecule has 0 bridgehead atoms. The molecule has 19 heavy (non-hydrogen) atoms. The third-order valence-corrected chi connectivity index (χ3v) is 3.93. The number of hydrogen-bond donors (Lipinski definition) is 2. The van der Waals surface area contributed by atoms with Crippen molar-refractivity contribution in [1.29, 1.82) is 0 Å². The number of thiophene rings is 1. The van der Waals surface area contributed by atoms with E-state index in [0.717, 1.165) is 17.0 Å². The third kappa shape index (κ3) is 2.65. The number of aliphatic hydroxyl groups excluding tert-OH is 1. The first-order valence-corrected chi connectivity index (χ1v) is 6.49. The van der Waals surface area contributed by atoms with Crippen LogP contribution in [0.2, 0.25) is 0 Å². The van der Waals surface area contributed by atoms with Crippen molar-refractivity contribution in [3.05, 3.63) is 57.5 Å². The van der Waals surface area contributed by atoms with Gasteiger partial charge in [-0.25, -0.2) is 13.2 Å². The summed E-state index contributed by atoms with van der Waals surface area (Å²) in [5.41, 5.74) is 5.29. The average Bonchev–Trinajstić information content (AvgIpc) is 2.91. The minimum Gasteiger partial charge on any atom is -0.388 e. The summed E-state index contributed by atoms with van der Waals surface area (Å²) in [6, 6.07) is 5.35. The quantitative estimate of drug-likeness (QED) is 0.849. The molecule has 1 heterocycles. The third-order valence-electron chi connectivity index (χ3n) is 2.93. The molecule has 6 heteroatoms. The van der Waals surface area contributed by atoms with Gasteiger partial charge in [-0.2, -0.15) is 0 Å². The van der Waals surface area contributed by atoms with E-state index in [0.29, 0.717) is 0 Å². The first kappa shape index (κ1) is 14.0. The fraction of sp³-hybridized carbons (Fsp3) is 0.231. The molecule has 0 saturated carbocycles. The van der Waals surface area contributed by atoms with Crippen LogP contribution in [-0.2, 0) is 0 Å². The van der Waals surface area contributed by atoms with E-state index in [1.165, 1.54) is 11.3 Å². The topological polar surface area (TPSA) is 46.2 Å². The Morgan fingerprint density at radius 1 is 1.16 bits per heavy atom. The van der Waals surface area contributed by atoms with E-state index in [1.807, 2.05) is 0 Å². The summed E-state index contributed by atoms with van der Waals surface area (Å²) in [7, 11) is 0. The molecule has 2 rings (SSSR count). The highest BCUT2D eigenvalue weighted by Gasteiger charge is 2.27. The van der Waals surface area contributed by atoms with Crippen molar-refractivity contribution < 1.29 is 18.3 Å². The van der Waals surface area contributed by atoms with Crippen molar-refractivity contribution in [3.63, 3.8) is 0 Å². The lowest BCUT2D eigenvalue weighted by molar-refractivity contribution is 0.143. The monoisotopic (exact) mass is 287 g/mol. The number of nitrogens with two attached hydrogens (primary N) is 1. The van der Waals surface area contributed by atoms with Crippen molar-refractivity contribution in [2.75, 3.05) is 6.54 Å². The summed E-state index contributed by atoms with van der Waals surface area (Å²) < 4.78 is 39.7. The molecule has 2 unspecified atom stereocenters. The van der Waals surface area contributed by atoms with Crippen LogP contribution in [0.3, 0.4) is 0 Å². The van der Waals surface area contributed by atoms with Gasteiger partial charge in [0.1, 0.15) is 0 Å². The number of hydrogen-bond acceptors (Lipinski definition) is 3. The van der Waals surface area contributed by atoms with E-state index in [-0.39, 0.29) is 12.1 Å². The molecule has 0 amide bonds. The first-order valence-electron chi connectivity index (χ1n) is 5.61. The second-order valence-electron chi connectivity index (χ2n) is 4.07. The van der Waals surface area contributed by atoms with Gasteiger partial charge in [-0.1, -0.05) is 12.1 Å². The molecule has 2 aromatic rings. The normalized spacial score (nSPS) is 14.4. The van der Waals surface area contributed by atoms with Crippen LogP contribution in [0, 0.1) is 17.5 Å². The van der Waals surface area contributed by atoms with Crippen molar-refractivity contribution in [2.45, 2.75) is 12.0 Å². The molecule has 0 spiro atoms. The van der Waals surface area contributed by atoms with Crippen LogP contribution in [-0.4, -0.2) is 11.7 Å². The zero-order valence-corrected chi connectivity index (χ0v) is 10.6. The molecule has 1 aromatic carbocycles. The minimum absolute atomic E-state index is 0.0696. The molecule has 0 fully saturated rings. The lowest BCUT2D eigenvalue weighted by atomic mass is 9.94. The van der Waals surface area contributed by atoms with Gasteiger partial charge in [0.15, 0.2) is 17.5 Å². The molecule has 1 aromatic heterocycles. The second kappa shape index (κ2) is 5.73. The van der Waals surface area contributed by atoms with Crippen molar-refractivity contribution in [3.8, 4) is 0 Å². The summed E-state index contributed by atoms with van der Waals surface area (Å²) in [6.45, 7) is 0.0696. The van der Waals surface area contributed by atoms with Gasteiger partial charge >= 0.3 is 0 Å². The lowest BCUT2D eigenvalue weighted by Gasteiger charge is -2.21. The van der Waals surface area contributed by atoms with Crippen molar-refractivity contribution in [1.82, 2.24) is 0 Å². The number of halogens is 3. The Bertz CT molecular complexity index is 559. The number of rotatable bonds is 4. The minimum atomic E-state index is -1.58. The maximum atomic E-state index is 13.6. The Balaban J connectivity index is 2.38. The standard InChI is InChI=1S/C13H12F3NOS/c14-9-4-3-7(11(15)12(9)16)13(18)8(6-17)10-2-1-5-19-10/h1-5,8,13,18H,6,17H2. The summed E-state index contributed by atoms with van der Waals surface area (Å²) in [5.74, 6) is -4.80. The molecule has 0 aliphatic rings. The van der Waals surface area contributed by atoms with Crippen molar-refractivity contribution in [2.24, 2.45) is 5.73 Å². The predicted octanol–water partition coefficient (Wildman–Crippen LogP) is 2.94. The van der Waals surface area contributed by atoms with Gasteiger partial charge in [-0.05, 0) is 17.5 Å². The smallest absolute Gasteiger partial charge is 0.194 e. The zero-order valence-electron chi connectivity index (χ0n) is 9.82. The first-order chi connectivity index (χ1) is 9.06. The molecular weight excluding hydrogens is 275 g/mol. The van der Waals surface area contributed by atoms with Gasteiger partial charge in [0, 0.05) is 22.9 Å².